The van der Waals surface area contributed by atoms with Crippen LogP contribution in [0.2, 0.25) is 0 Å². The number of thioether (sulfide) groups is 1. The van der Waals surface area contributed by atoms with E-state index >= 15 is 0 Å². The van der Waals surface area contributed by atoms with Crippen LogP contribution in [0.25, 0.3) is 0 Å². The Hall–Kier alpha value is -2.87. The third kappa shape index (κ3) is 6.88. The monoisotopic (exact) mass is 429 g/mol. The largest absolute Gasteiger partial charge is 0.332 e. The fourth-order valence-electron chi connectivity index (χ4n) is 2.66. The standard InChI is InChI=1S/C22H27N3O4S/c1-15(2)11-12-30-20-10-7-17(13-19(20)25(28)29)22(27)24(4)14-21(26)23-18-8-5-16(3)6-9-18/h5-10,13,15H,11-12,14H2,1-4H3,(H,23,26). The van der Waals surface area contributed by atoms with Crippen molar-refractivity contribution in [2.45, 2.75) is 32.1 Å². The molecule has 2 aromatic carbocycles. The molecule has 0 spiro atoms. The number of benzene rings is 2. The lowest BCUT2D eigenvalue weighted by atomic mass is 10.1. The molecule has 2 amide bonds. The van der Waals surface area contributed by atoms with Crippen LogP contribution in [0.15, 0.2) is 47.4 Å². The second kappa shape index (κ2) is 10.8. The van der Waals surface area contributed by atoms with Crippen molar-refractivity contribution in [3.05, 3.63) is 63.7 Å². The number of nitro groups is 1. The van der Waals surface area contributed by atoms with E-state index < -0.39 is 10.8 Å². The number of hydrogen-bond acceptors (Lipinski definition) is 5. The predicted molar refractivity (Wildman–Crippen MR) is 120 cm³/mol. The fraction of sp³-hybridized carbons (Fsp3) is 0.364. The molecule has 0 saturated heterocycles. The summed E-state index contributed by atoms with van der Waals surface area (Å²) < 4.78 is 0. The molecule has 2 rings (SSSR count). The topological polar surface area (TPSA) is 92.6 Å². The van der Waals surface area contributed by atoms with E-state index in [-0.39, 0.29) is 23.7 Å². The van der Waals surface area contributed by atoms with Gasteiger partial charge in [0.25, 0.3) is 11.6 Å². The minimum Gasteiger partial charge on any atom is -0.332 e. The van der Waals surface area contributed by atoms with Crippen LogP contribution < -0.4 is 5.32 Å². The molecule has 0 heterocycles. The summed E-state index contributed by atoms with van der Waals surface area (Å²) in [5.74, 6) is 0.489. The Morgan fingerprint density at radius 2 is 1.83 bits per heavy atom. The van der Waals surface area contributed by atoms with Gasteiger partial charge in [-0.2, -0.15) is 0 Å². The SMILES string of the molecule is Cc1ccc(NC(=O)CN(C)C(=O)c2ccc(SCCC(C)C)c([N+](=O)[O-])c2)cc1. The number of carbonyl (C=O) groups is 2. The molecule has 8 heteroatoms. The van der Waals surface area contributed by atoms with Gasteiger partial charge in [-0.25, -0.2) is 0 Å². The molecular weight excluding hydrogens is 402 g/mol. The molecule has 0 saturated carbocycles. The second-order valence-corrected chi connectivity index (χ2v) is 8.68. The number of likely N-dealkylation sites (N-methyl/N-ethyl adjacent to an activating group) is 1. The Bertz CT molecular complexity index is 913. The highest BCUT2D eigenvalue weighted by molar-refractivity contribution is 7.99. The minimum atomic E-state index is -0.474. The highest BCUT2D eigenvalue weighted by atomic mass is 32.2. The summed E-state index contributed by atoms with van der Waals surface area (Å²) in [5, 5.41) is 14.2. The maximum atomic E-state index is 12.7. The van der Waals surface area contributed by atoms with Crippen LogP contribution in [0.5, 0.6) is 0 Å². The van der Waals surface area contributed by atoms with Crippen LogP contribution in [-0.2, 0) is 4.79 Å². The summed E-state index contributed by atoms with van der Waals surface area (Å²) in [7, 11) is 1.49. The Kier molecular flexibility index (Phi) is 8.41. The van der Waals surface area contributed by atoms with Gasteiger partial charge in [0.1, 0.15) is 0 Å². The summed E-state index contributed by atoms with van der Waals surface area (Å²) >= 11 is 1.41. The van der Waals surface area contributed by atoms with Crippen molar-refractivity contribution in [1.82, 2.24) is 4.90 Å². The van der Waals surface area contributed by atoms with Crippen molar-refractivity contribution in [2.75, 3.05) is 24.7 Å². The number of anilines is 1. The number of amides is 2. The number of hydrogen-bond donors (Lipinski definition) is 1. The molecule has 0 bridgehead atoms. The molecular formula is C22H27N3O4S. The van der Waals surface area contributed by atoms with Crippen molar-refractivity contribution >= 4 is 35.0 Å². The fourth-order valence-corrected chi connectivity index (χ4v) is 3.92. The first-order valence-corrected chi connectivity index (χ1v) is 10.7. The summed E-state index contributed by atoms with van der Waals surface area (Å²) in [5.41, 5.74) is 1.81. The van der Waals surface area contributed by atoms with E-state index in [4.69, 9.17) is 0 Å². The van der Waals surface area contributed by atoms with Gasteiger partial charge in [0.15, 0.2) is 0 Å². The first kappa shape index (κ1) is 23.4. The highest BCUT2D eigenvalue weighted by Crippen LogP contribution is 2.31. The Balaban J connectivity index is 2.05. The maximum Gasteiger partial charge on any atom is 0.283 e. The van der Waals surface area contributed by atoms with Gasteiger partial charge < -0.3 is 10.2 Å². The summed E-state index contributed by atoms with van der Waals surface area (Å²) in [6.07, 6.45) is 0.946. The molecule has 1 N–H and O–H groups in total. The molecule has 0 aliphatic rings. The van der Waals surface area contributed by atoms with E-state index in [1.807, 2.05) is 19.1 Å². The molecule has 0 aromatic heterocycles. The summed E-state index contributed by atoms with van der Waals surface area (Å²) in [4.78, 5) is 37.7. The molecule has 2 aromatic rings. The third-order valence-electron chi connectivity index (χ3n) is 4.42. The number of aryl methyl sites for hydroxylation is 1. The quantitative estimate of drug-likeness (QED) is 0.353. The predicted octanol–water partition coefficient (Wildman–Crippen LogP) is 4.75. The zero-order valence-electron chi connectivity index (χ0n) is 17.7. The van der Waals surface area contributed by atoms with E-state index in [9.17, 15) is 19.7 Å². The van der Waals surface area contributed by atoms with Gasteiger partial charge in [-0.1, -0.05) is 31.5 Å². The Morgan fingerprint density at radius 1 is 1.17 bits per heavy atom. The van der Waals surface area contributed by atoms with E-state index in [1.54, 1.807) is 24.3 Å². The van der Waals surface area contributed by atoms with Crippen molar-refractivity contribution in [3.8, 4) is 0 Å². The average molecular weight is 430 g/mol. The second-order valence-electron chi connectivity index (χ2n) is 7.55. The van der Waals surface area contributed by atoms with Crippen LogP contribution in [0.4, 0.5) is 11.4 Å². The van der Waals surface area contributed by atoms with E-state index in [2.05, 4.69) is 19.2 Å². The van der Waals surface area contributed by atoms with Gasteiger partial charge in [0, 0.05) is 24.4 Å². The van der Waals surface area contributed by atoms with Gasteiger partial charge in [-0.15, -0.1) is 11.8 Å². The molecule has 0 aliphatic heterocycles. The number of rotatable bonds is 9. The minimum absolute atomic E-state index is 0.0906. The lowest BCUT2D eigenvalue weighted by Crippen LogP contribution is -2.35. The van der Waals surface area contributed by atoms with Crippen molar-refractivity contribution in [3.63, 3.8) is 0 Å². The smallest absolute Gasteiger partial charge is 0.283 e. The van der Waals surface area contributed by atoms with Crippen molar-refractivity contribution in [2.24, 2.45) is 5.92 Å². The van der Waals surface area contributed by atoms with E-state index in [0.717, 1.165) is 17.7 Å². The molecule has 0 atom stereocenters. The number of nitro benzene ring substituents is 1. The van der Waals surface area contributed by atoms with Crippen molar-refractivity contribution < 1.29 is 14.5 Å². The first-order valence-electron chi connectivity index (χ1n) is 9.70. The lowest BCUT2D eigenvalue weighted by molar-refractivity contribution is -0.387. The molecule has 0 fully saturated rings. The van der Waals surface area contributed by atoms with E-state index in [1.165, 1.54) is 29.8 Å². The maximum absolute atomic E-state index is 12.7. The van der Waals surface area contributed by atoms with Gasteiger partial charge in [-0.05, 0) is 49.3 Å². The Morgan fingerprint density at radius 3 is 2.43 bits per heavy atom. The molecule has 0 radical (unpaired) electrons. The molecule has 7 nitrogen and oxygen atoms in total. The van der Waals surface area contributed by atoms with Gasteiger partial charge in [0.05, 0.1) is 16.4 Å². The first-order chi connectivity index (χ1) is 14.2. The highest BCUT2D eigenvalue weighted by Gasteiger charge is 2.21. The molecule has 30 heavy (non-hydrogen) atoms. The normalized spacial score (nSPS) is 10.7. The Labute approximate surface area is 181 Å². The molecule has 0 aliphatic carbocycles. The van der Waals surface area contributed by atoms with Crippen molar-refractivity contribution in [1.29, 1.82) is 0 Å². The van der Waals surface area contributed by atoms with Gasteiger partial charge in [0.2, 0.25) is 5.91 Å². The molecule has 0 unspecified atom stereocenters. The number of carbonyl (C=O) groups excluding carboxylic acids is 2. The lowest BCUT2D eigenvalue weighted by Gasteiger charge is -2.17. The van der Waals surface area contributed by atoms with Crippen LogP contribution in [0, 0.1) is 23.0 Å². The van der Waals surface area contributed by atoms with Crippen LogP contribution in [-0.4, -0.2) is 41.0 Å². The van der Waals surface area contributed by atoms with E-state index in [0.29, 0.717) is 16.5 Å². The number of nitrogens with one attached hydrogen (secondary N) is 1. The van der Waals surface area contributed by atoms with Gasteiger partial charge >= 0.3 is 0 Å². The summed E-state index contributed by atoms with van der Waals surface area (Å²) in [6, 6.07) is 11.8. The van der Waals surface area contributed by atoms with Crippen LogP contribution in [0.3, 0.4) is 0 Å². The third-order valence-corrected chi connectivity index (χ3v) is 5.51. The number of nitrogens with zero attached hydrogens (tertiary/aromatic N) is 2. The van der Waals surface area contributed by atoms with Gasteiger partial charge in [-0.3, -0.25) is 19.7 Å². The average Bonchev–Trinajstić information content (AvgIpc) is 2.68. The van der Waals surface area contributed by atoms with Crippen LogP contribution >= 0.6 is 11.8 Å². The zero-order valence-corrected chi connectivity index (χ0v) is 18.5. The van der Waals surface area contributed by atoms with Crippen LogP contribution in [0.1, 0.15) is 36.2 Å². The summed E-state index contributed by atoms with van der Waals surface area (Å²) in [6.45, 7) is 5.99. The zero-order chi connectivity index (χ0) is 22.3. The molecule has 160 valence electrons.